The van der Waals surface area contributed by atoms with E-state index in [0.29, 0.717) is 11.4 Å². The van der Waals surface area contributed by atoms with E-state index in [1.54, 1.807) is 18.0 Å². The van der Waals surface area contributed by atoms with Crippen LogP contribution in [0.4, 0.5) is 5.69 Å². The molecule has 2 heterocycles. The van der Waals surface area contributed by atoms with E-state index in [1.165, 1.54) is 16.5 Å². The van der Waals surface area contributed by atoms with E-state index >= 15 is 0 Å². The van der Waals surface area contributed by atoms with E-state index in [2.05, 4.69) is 48.3 Å². The molecule has 0 saturated carbocycles. The zero-order chi connectivity index (χ0) is 23.7. The van der Waals surface area contributed by atoms with Crippen molar-refractivity contribution in [1.82, 2.24) is 9.97 Å². The van der Waals surface area contributed by atoms with Crippen molar-refractivity contribution in [2.75, 3.05) is 11.9 Å². The Hall–Kier alpha value is -3.63. The smallest absolute Gasteiger partial charge is 0.226 e. The van der Waals surface area contributed by atoms with Gasteiger partial charge in [-0.2, -0.15) is 0 Å². The van der Waals surface area contributed by atoms with Crippen LogP contribution in [-0.4, -0.2) is 22.9 Å². The number of halogens is 1. The van der Waals surface area contributed by atoms with Crippen molar-refractivity contribution in [3.8, 4) is 11.4 Å². The molecule has 34 heavy (non-hydrogen) atoms. The van der Waals surface area contributed by atoms with Crippen molar-refractivity contribution in [2.45, 2.75) is 26.2 Å². The molecule has 0 aliphatic carbocycles. The van der Waals surface area contributed by atoms with Gasteiger partial charge in [-0.15, -0.1) is 0 Å². The SMILES string of the molecule is Cc1ccc2[nH]c(-c3ccc4ccccc4n3)c(CCCC(=O)N(C)c3ccccc3Cl)c2c1. The van der Waals surface area contributed by atoms with Gasteiger partial charge in [0.05, 0.1) is 27.6 Å². The lowest BCUT2D eigenvalue weighted by Crippen LogP contribution is -2.26. The van der Waals surface area contributed by atoms with Crippen LogP contribution in [0.2, 0.25) is 5.02 Å². The van der Waals surface area contributed by atoms with Crippen LogP contribution in [0.1, 0.15) is 24.0 Å². The summed E-state index contributed by atoms with van der Waals surface area (Å²) in [6.07, 6.45) is 1.94. The van der Waals surface area contributed by atoms with E-state index in [-0.39, 0.29) is 5.91 Å². The summed E-state index contributed by atoms with van der Waals surface area (Å²) in [5.41, 5.74) is 7.15. The first-order valence-electron chi connectivity index (χ1n) is 11.5. The minimum atomic E-state index is 0.0505. The highest BCUT2D eigenvalue weighted by atomic mass is 35.5. The molecule has 0 bridgehead atoms. The number of aryl methyl sites for hydroxylation is 2. The van der Waals surface area contributed by atoms with Crippen molar-refractivity contribution in [3.05, 3.63) is 95.0 Å². The average molecular weight is 468 g/mol. The van der Waals surface area contributed by atoms with E-state index in [0.717, 1.165) is 46.3 Å². The molecule has 0 aliphatic heterocycles. The highest BCUT2D eigenvalue weighted by Crippen LogP contribution is 2.32. The molecule has 0 fully saturated rings. The van der Waals surface area contributed by atoms with Crippen molar-refractivity contribution < 1.29 is 4.79 Å². The first-order valence-corrected chi connectivity index (χ1v) is 11.9. The molecule has 0 atom stereocenters. The number of anilines is 1. The summed E-state index contributed by atoms with van der Waals surface area (Å²) in [4.78, 5) is 23.1. The monoisotopic (exact) mass is 467 g/mol. The van der Waals surface area contributed by atoms with Crippen molar-refractivity contribution >= 4 is 45.0 Å². The van der Waals surface area contributed by atoms with E-state index in [1.807, 2.05) is 36.4 Å². The lowest BCUT2D eigenvalue weighted by molar-refractivity contribution is -0.118. The molecule has 5 heteroatoms. The van der Waals surface area contributed by atoms with Crippen molar-refractivity contribution in [3.63, 3.8) is 0 Å². The van der Waals surface area contributed by atoms with Crippen LogP contribution < -0.4 is 4.90 Å². The van der Waals surface area contributed by atoms with Gasteiger partial charge in [0.2, 0.25) is 5.91 Å². The Morgan fingerprint density at radius 2 is 1.79 bits per heavy atom. The van der Waals surface area contributed by atoms with Crippen LogP contribution in [0.3, 0.4) is 0 Å². The molecule has 170 valence electrons. The summed E-state index contributed by atoms with van der Waals surface area (Å²) < 4.78 is 0. The summed E-state index contributed by atoms with van der Waals surface area (Å²) in [6.45, 7) is 2.10. The molecular weight excluding hydrogens is 442 g/mol. The van der Waals surface area contributed by atoms with Crippen LogP contribution >= 0.6 is 11.6 Å². The van der Waals surface area contributed by atoms with Crippen molar-refractivity contribution in [2.24, 2.45) is 0 Å². The van der Waals surface area contributed by atoms with Crippen LogP contribution in [0.15, 0.2) is 78.9 Å². The molecule has 1 N–H and O–H groups in total. The predicted molar refractivity (Wildman–Crippen MR) is 142 cm³/mol. The number of nitrogens with one attached hydrogen (secondary N) is 1. The largest absolute Gasteiger partial charge is 0.353 e. The number of pyridine rings is 1. The van der Waals surface area contributed by atoms with Crippen LogP contribution in [-0.2, 0) is 11.2 Å². The fraction of sp³-hybridized carbons (Fsp3) is 0.172. The number of carbonyl (C=O) groups excluding carboxylic acids is 1. The summed E-state index contributed by atoms with van der Waals surface area (Å²) in [5, 5.41) is 2.89. The Kier molecular flexibility index (Phi) is 6.08. The number of benzene rings is 3. The highest BCUT2D eigenvalue weighted by molar-refractivity contribution is 6.33. The number of hydrogen-bond acceptors (Lipinski definition) is 2. The summed E-state index contributed by atoms with van der Waals surface area (Å²) >= 11 is 6.28. The van der Waals surface area contributed by atoms with Crippen molar-refractivity contribution in [1.29, 1.82) is 0 Å². The first-order chi connectivity index (χ1) is 16.5. The second-order valence-corrected chi connectivity index (χ2v) is 9.08. The van der Waals surface area contributed by atoms with Crippen LogP contribution in [0.25, 0.3) is 33.2 Å². The number of para-hydroxylation sites is 2. The number of aromatic nitrogens is 2. The molecule has 1 amide bonds. The topological polar surface area (TPSA) is 49.0 Å². The molecule has 0 spiro atoms. The predicted octanol–water partition coefficient (Wildman–Crippen LogP) is 7.33. The molecule has 2 aromatic heterocycles. The molecule has 0 aliphatic rings. The summed E-state index contributed by atoms with van der Waals surface area (Å²) in [7, 11) is 1.78. The third-order valence-electron chi connectivity index (χ3n) is 6.32. The number of hydrogen-bond donors (Lipinski definition) is 1. The maximum Gasteiger partial charge on any atom is 0.226 e. The number of amides is 1. The van der Waals surface area contributed by atoms with Crippen LogP contribution in [0, 0.1) is 6.92 Å². The molecule has 5 rings (SSSR count). The van der Waals surface area contributed by atoms with Gasteiger partial charge in [0, 0.05) is 29.8 Å². The Bertz CT molecular complexity index is 1500. The van der Waals surface area contributed by atoms with E-state index in [9.17, 15) is 4.79 Å². The van der Waals surface area contributed by atoms with Gasteiger partial charge in [-0.25, -0.2) is 4.98 Å². The number of rotatable bonds is 6. The second kappa shape index (κ2) is 9.32. The molecule has 0 radical (unpaired) electrons. The van der Waals surface area contributed by atoms with Gasteiger partial charge < -0.3 is 9.88 Å². The third kappa shape index (κ3) is 4.29. The number of fused-ring (bicyclic) bond motifs is 2. The van der Waals surface area contributed by atoms with Gasteiger partial charge in [0.15, 0.2) is 0 Å². The third-order valence-corrected chi connectivity index (χ3v) is 6.64. The number of aromatic amines is 1. The van der Waals surface area contributed by atoms with Gasteiger partial charge >= 0.3 is 0 Å². The van der Waals surface area contributed by atoms with Gasteiger partial charge in [-0.1, -0.05) is 59.6 Å². The lowest BCUT2D eigenvalue weighted by atomic mass is 10.0. The maximum absolute atomic E-state index is 12.9. The highest BCUT2D eigenvalue weighted by Gasteiger charge is 2.17. The standard InChI is InChI=1S/C29H26ClN3O/c1-19-14-16-25-22(18-19)21(9-7-13-28(34)33(2)27-12-6-4-10-23(27)30)29(32-25)26-17-15-20-8-3-5-11-24(20)31-26/h3-6,8,10-12,14-18,32H,7,9,13H2,1-2H3. The first kappa shape index (κ1) is 22.2. The Morgan fingerprint density at radius 1 is 1.00 bits per heavy atom. The zero-order valence-corrected chi connectivity index (χ0v) is 20.1. The van der Waals surface area contributed by atoms with Crippen LogP contribution in [0.5, 0.6) is 0 Å². The number of nitrogens with zero attached hydrogens (tertiary/aromatic N) is 2. The molecule has 4 nitrogen and oxygen atoms in total. The normalized spacial score (nSPS) is 11.3. The van der Waals surface area contributed by atoms with E-state index < -0.39 is 0 Å². The molecule has 0 unspecified atom stereocenters. The van der Waals surface area contributed by atoms with E-state index in [4.69, 9.17) is 16.6 Å². The van der Waals surface area contributed by atoms with Gasteiger partial charge in [-0.05, 0) is 61.7 Å². The van der Waals surface area contributed by atoms with Gasteiger partial charge in [0.25, 0.3) is 0 Å². The second-order valence-electron chi connectivity index (χ2n) is 8.67. The minimum absolute atomic E-state index is 0.0505. The molecular formula is C29H26ClN3O. The fourth-order valence-corrected chi connectivity index (χ4v) is 4.75. The Balaban J connectivity index is 1.43. The zero-order valence-electron chi connectivity index (χ0n) is 19.3. The molecule has 5 aromatic rings. The van der Waals surface area contributed by atoms with Gasteiger partial charge in [-0.3, -0.25) is 4.79 Å². The summed E-state index contributed by atoms with van der Waals surface area (Å²) in [5.74, 6) is 0.0505. The Morgan fingerprint density at radius 3 is 2.65 bits per heavy atom. The average Bonchev–Trinajstić information content (AvgIpc) is 3.21. The molecule has 0 saturated heterocycles. The fourth-order valence-electron chi connectivity index (χ4n) is 4.49. The molecule has 3 aromatic carbocycles. The quantitative estimate of drug-likeness (QED) is 0.284. The lowest BCUT2D eigenvalue weighted by Gasteiger charge is -2.18. The maximum atomic E-state index is 12.9. The summed E-state index contributed by atoms with van der Waals surface area (Å²) in [6, 6.07) is 26.2. The number of H-pyrrole nitrogens is 1. The minimum Gasteiger partial charge on any atom is -0.353 e. The number of carbonyl (C=O) groups is 1. The van der Waals surface area contributed by atoms with Gasteiger partial charge in [0.1, 0.15) is 0 Å². The Labute approximate surface area is 204 Å².